The summed E-state index contributed by atoms with van der Waals surface area (Å²) in [5, 5.41) is 15.2. The van der Waals surface area contributed by atoms with Crippen LogP contribution in [0.2, 0.25) is 0 Å². The van der Waals surface area contributed by atoms with E-state index in [1.165, 1.54) is 0 Å². The highest BCUT2D eigenvalue weighted by Crippen LogP contribution is 2.25. The van der Waals surface area contributed by atoms with Gasteiger partial charge in [-0.05, 0) is 32.7 Å². The number of aliphatic hydroxyl groups is 1. The summed E-state index contributed by atoms with van der Waals surface area (Å²) in [7, 11) is 0. The molecule has 0 spiro atoms. The van der Waals surface area contributed by atoms with Gasteiger partial charge < -0.3 is 15.7 Å². The van der Waals surface area contributed by atoms with Gasteiger partial charge in [-0.1, -0.05) is 6.92 Å². The molecule has 0 saturated carbocycles. The van der Waals surface area contributed by atoms with E-state index < -0.39 is 0 Å². The molecule has 0 aromatic rings. The van der Waals surface area contributed by atoms with E-state index in [-0.39, 0.29) is 24.0 Å². The second kappa shape index (κ2) is 5.47. The second-order valence-electron chi connectivity index (χ2n) is 4.60. The first-order chi connectivity index (χ1) is 7.12. The molecule has 4 nitrogen and oxygen atoms in total. The molecule has 3 N–H and O–H groups in total. The normalized spacial score (nSPS) is 28.5. The average molecular weight is 214 g/mol. The zero-order valence-corrected chi connectivity index (χ0v) is 9.68. The maximum atomic E-state index is 12.0. The molecule has 0 aromatic heterocycles. The average Bonchev–Trinajstić information content (AvgIpc) is 2.26. The Morgan fingerprint density at radius 2 is 2.40 bits per heavy atom. The summed E-state index contributed by atoms with van der Waals surface area (Å²) in [5.41, 5.74) is -0.305. The molecule has 0 aromatic carbocycles. The van der Waals surface area contributed by atoms with Gasteiger partial charge in [0.05, 0.1) is 18.1 Å². The minimum atomic E-state index is -0.305. The molecule has 0 aliphatic carbocycles. The molecule has 0 bridgehead atoms. The van der Waals surface area contributed by atoms with Crippen LogP contribution in [0.15, 0.2) is 0 Å². The fourth-order valence-electron chi connectivity index (χ4n) is 1.89. The summed E-state index contributed by atoms with van der Waals surface area (Å²) in [4.78, 5) is 12.0. The first-order valence-electron chi connectivity index (χ1n) is 5.75. The van der Waals surface area contributed by atoms with Crippen LogP contribution in [-0.4, -0.2) is 36.8 Å². The highest BCUT2D eigenvalue weighted by atomic mass is 16.3. The number of aliphatic hydroxyl groups excluding tert-OH is 1. The molecule has 1 heterocycles. The van der Waals surface area contributed by atoms with Gasteiger partial charge in [0.1, 0.15) is 0 Å². The summed E-state index contributed by atoms with van der Waals surface area (Å²) in [6, 6.07) is -0.101. The van der Waals surface area contributed by atoms with Crippen LogP contribution in [-0.2, 0) is 4.79 Å². The van der Waals surface area contributed by atoms with Crippen molar-refractivity contribution >= 4 is 5.91 Å². The smallest absolute Gasteiger partial charge is 0.227 e. The third kappa shape index (κ3) is 3.18. The topological polar surface area (TPSA) is 61.4 Å². The van der Waals surface area contributed by atoms with Crippen LogP contribution in [0.5, 0.6) is 0 Å². The van der Waals surface area contributed by atoms with Crippen molar-refractivity contribution in [2.45, 2.75) is 39.2 Å². The molecule has 1 aliphatic heterocycles. The molecule has 1 rings (SSSR count). The molecule has 1 saturated heterocycles. The van der Waals surface area contributed by atoms with Crippen molar-refractivity contribution in [2.75, 3.05) is 19.7 Å². The van der Waals surface area contributed by atoms with E-state index in [0.717, 1.165) is 32.4 Å². The first-order valence-corrected chi connectivity index (χ1v) is 5.75. The SMILES string of the molecule is CC[C@H](CO)NC(=O)C1(C)CCCNC1. The Morgan fingerprint density at radius 3 is 2.87 bits per heavy atom. The van der Waals surface area contributed by atoms with Gasteiger partial charge in [-0.15, -0.1) is 0 Å². The monoisotopic (exact) mass is 214 g/mol. The Hall–Kier alpha value is -0.610. The van der Waals surface area contributed by atoms with Crippen molar-refractivity contribution in [3.8, 4) is 0 Å². The first kappa shape index (κ1) is 12.5. The van der Waals surface area contributed by atoms with Gasteiger partial charge >= 0.3 is 0 Å². The van der Waals surface area contributed by atoms with Crippen LogP contribution in [0, 0.1) is 5.41 Å². The largest absolute Gasteiger partial charge is 0.394 e. The van der Waals surface area contributed by atoms with E-state index in [0.29, 0.717) is 0 Å². The lowest BCUT2D eigenvalue weighted by Crippen LogP contribution is -2.51. The van der Waals surface area contributed by atoms with Crippen LogP contribution in [0.25, 0.3) is 0 Å². The predicted molar refractivity (Wildman–Crippen MR) is 59.5 cm³/mol. The molecular formula is C11H22N2O2. The lowest BCUT2D eigenvalue weighted by Gasteiger charge is -2.33. The maximum Gasteiger partial charge on any atom is 0.227 e. The minimum absolute atomic E-state index is 0.0196. The summed E-state index contributed by atoms with van der Waals surface area (Å²) in [5.74, 6) is 0.0654. The molecule has 1 aliphatic rings. The van der Waals surface area contributed by atoms with E-state index in [1.54, 1.807) is 0 Å². The quantitative estimate of drug-likeness (QED) is 0.629. The Bertz CT molecular complexity index is 209. The molecule has 1 amide bonds. The van der Waals surface area contributed by atoms with Crippen LogP contribution in [0.3, 0.4) is 0 Å². The lowest BCUT2D eigenvalue weighted by molar-refractivity contribution is -0.132. The summed E-state index contributed by atoms with van der Waals surface area (Å²) in [6.07, 6.45) is 2.74. The van der Waals surface area contributed by atoms with Crippen molar-refractivity contribution in [2.24, 2.45) is 5.41 Å². The number of piperidine rings is 1. The zero-order valence-electron chi connectivity index (χ0n) is 9.68. The van der Waals surface area contributed by atoms with Crippen LogP contribution >= 0.6 is 0 Å². The standard InChI is InChI=1S/C11H22N2O2/c1-3-9(7-14)13-10(15)11(2)5-4-6-12-8-11/h9,12,14H,3-8H2,1-2H3,(H,13,15)/t9-,11?/m1/s1. The molecule has 15 heavy (non-hydrogen) atoms. The third-order valence-corrected chi connectivity index (χ3v) is 3.19. The van der Waals surface area contributed by atoms with Crippen LogP contribution < -0.4 is 10.6 Å². The number of hydrogen-bond acceptors (Lipinski definition) is 3. The Kier molecular flexibility index (Phi) is 4.54. The van der Waals surface area contributed by atoms with E-state index in [1.807, 2.05) is 13.8 Å². The van der Waals surface area contributed by atoms with Crippen molar-refractivity contribution < 1.29 is 9.90 Å². The number of rotatable bonds is 4. The minimum Gasteiger partial charge on any atom is -0.394 e. The second-order valence-corrected chi connectivity index (χ2v) is 4.60. The highest BCUT2D eigenvalue weighted by molar-refractivity contribution is 5.82. The van der Waals surface area contributed by atoms with Crippen molar-refractivity contribution in [1.82, 2.24) is 10.6 Å². The molecule has 2 atom stereocenters. The number of carbonyl (C=O) groups is 1. The number of amides is 1. The molecule has 1 unspecified atom stereocenters. The highest BCUT2D eigenvalue weighted by Gasteiger charge is 2.35. The molecule has 0 radical (unpaired) electrons. The Balaban J connectivity index is 2.50. The van der Waals surface area contributed by atoms with E-state index >= 15 is 0 Å². The zero-order chi connectivity index (χ0) is 11.3. The van der Waals surface area contributed by atoms with Gasteiger partial charge in [-0.3, -0.25) is 4.79 Å². The van der Waals surface area contributed by atoms with Gasteiger partial charge in [-0.2, -0.15) is 0 Å². The molecule has 4 heteroatoms. The van der Waals surface area contributed by atoms with Gasteiger partial charge in [0.25, 0.3) is 0 Å². The summed E-state index contributed by atoms with van der Waals surface area (Å²) < 4.78 is 0. The summed E-state index contributed by atoms with van der Waals surface area (Å²) >= 11 is 0. The Labute approximate surface area is 91.4 Å². The third-order valence-electron chi connectivity index (χ3n) is 3.19. The van der Waals surface area contributed by atoms with Crippen molar-refractivity contribution in [3.05, 3.63) is 0 Å². The van der Waals surface area contributed by atoms with Crippen molar-refractivity contribution in [3.63, 3.8) is 0 Å². The van der Waals surface area contributed by atoms with Gasteiger partial charge in [0, 0.05) is 6.54 Å². The van der Waals surface area contributed by atoms with Crippen LogP contribution in [0.1, 0.15) is 33.1 Å². The van der Waals surface area contributed by atoms with Gasteiger partial charge in [-0.25, -0.2) is 0 Å². The molecule has 1 fully saturated rings. The van der Waals surface area contributed by atoms with E-state index in [2.05, 4.69) is 10.6 Å². The Morgan fingerprint density at radius 1 is 1.67 bits per heavy atom. The van der Waals surface area contributed by atoms with E-state index in [9.17, 15) is 4.79 Å². The lowest BCUT2D eigenvalue weighted by atomic mass is 9.81. The van der Waals surface area contributed by atoms with Crippen molar-refractivity contribution in [1.29, 1.82) is 0 Å². The number of carbonyl (C=O) groups excluding carboxylic acids is 1. The van der Waals surface area contributed by atoms with E-state index in [4.69, 9.17) is 5.11 Å². The van der Waals surface area contributed by atoms with Gasteiger partial charge in [0.15, 0.2) is 0 Å². The summed E-state index contributed by atoms with van der Waals surface area (Å²) in [6.45, 7) is 5.70. The maximum absolute atomic E-state index is 12.0. The fourth-order valence-corrected chi connectivity index (χ4v) is 1.89. The van der Waals surface area contributed by atoms with Crippen LogP contribution in [0.4, 0.5) is 0 Å². The number of hydrogen-bond donors (Lipinski definition) is 3. The number of nitrogens with one attached hydrogen (secondary N) is 2. The molecule has 88 valence electrons. The predicted octanol–water partition coefficient (Wildman–Crippen LogP) is 0.263. The fraction of sp³-hybridized carbons (Fsp3) is 0.909. The molecular weight excluding hydrogens is 192 g/mol. The van der Waals surface area contributed by atoms with Gasteiger partial charge in [0.2, 0.25) is 5.91 Å².